The maximum atomic E-state index is 13.9. The molecule has 0 radical (unpaired) electrons. The molecule has 2 rings (SSSR count). The number of nitrogens with zero attached hydrogens (tertiary/aromatic N) is 1. The average molecular weight is 637 g/mol. The van der Waals surface area contributed by atoms with E-state index in [0.29, 0.717) is 24.1 Å². The van der Waals surface area contributed by atoms with Gasteiger partial charge in [-0.25, -0.2) is 14.0 Å². The van der Waals surface area contributed by atoms with Gasteiger partial charge < -0.3 is 36.5 Å². The first-order valence-electron chi connectivity index (χ1n) is 15.0. The molecule has 1 fully saturated rings. The molecule has 1 aliphatic rings. The SMILES string of the molecule is CCCC(=O)N[C@@H](C(=O)N[C@H](CCCNC(N)=O)C(=O)Nc1ccc(COC(=O)N2C[C@H](F)C[C@@H]2COC(C)=O)cc1)C(C)C. The fraction of sp³-hybridized carbons (Fsp3) is 0.600. The largest absolute Gasteiger partial charge is 0.464 e. The number of esters is 1. The van der Waals surface area contributed by atoms with E-state index in [1.807, 2.05) is 6.92 Å². The highest BCUT2D eigenvalue weighted by molar-refractivity contribution is 5.98. The highest BCUT2D eigenvalue weighted by Crippen LogP contribution is 2.22. The molecule has 6 amide bonds. The lowest BCUT2D eigenvalue weighted by atomic mass is 10.0. The molecule has 45 heavy (non-hydrogen) atoms. The molecular weight excluding hydrogens is 591 g/mol. The topological polar surface area (TPSA) is 198 Å². The van der Waals surface area contributed by atoms with Crippen LogP contribution >= 0.6 is 0 Å². The molecule has 1 aromatic carbocycles. The van der Waals surface area contributed by atoms with Crippen LogP contribution in [0.4, 0.5) is 19.7 Å². The molecular formula is C30H45FN6O8. The van der Waals surface area contributed by atoms with Crippen molar-refractivity contribution in [2.75, 3.05) is 25.0 Å². The van der Waals surface area contributed by atoms with Crippen molar-refractivity contribution < 1.29 is 42.6 Å². The number of benzene rings is 1. The Morgan fingerprint density at radius 1 is 1.04 bits per heavy atom. The van der Waals surface area contributed by atoms with Gasteiger partial charge in [0.25, 0.3) is 0 Å². The van der Waals surface area contributed by atoms with E-state index in [-0.39, 0.29) is 57.4 Å². The first kappa shape index (κ1) is 36.8. The number of carbonyl (C=O) groups excluding carboxylic acids is 6. The van der Waals surface area contributed by atoms with Crippen LogP contribution in [-0.4, -0.2) is 84.7 Å². The van der Waals surface area contributed by atoms with Gasteiger partial charge in [0.1, 0.15) is 31.5 Å². The number of likely N-dealkylation sites (tertiary alicyclic amines) is 1. The number of alkyl halides is 1. The van der Waals surface area contributed by atoms with Crippen LogP contribution in [0.1, 0.15) is 65.4 Å². The van der Waals surface area contributed by atoms with Gasteiger partial charge in [-0.05, 0) is 42.9 Å². The molecule has 1 heterocycles. The van der Waals surface area contributed by atoms with Gasteiger partial charge in [0, 0.05) is 32.0 Å². The third-order valence-corrected chi connectivity index (χ3v) is 7.01. The number of urea groups is 1. The molecule has 0 saturated carbocycles. The molecule has 0 unspecified atom stereocenters. The lowest BCUT2D eigenvalue weighted by molar-refractivity contribution is -0.142. The normalized spacial score (nSPS) is 17.2. The third kappa shape index (κ3) is 13.0. The molecule has 0 bridgehead atoms. The van der Waals surface area contributed by atoms with Crippen LogP contribution in [0.3, 0.4) is 0 Å². The Bertz CT molecular complexity index is 1180. The Morgan fingerprint density at radius 3 is 2.33 bits per heavy atom. The lowest BCUT2D eigenvalue weighted by Gasteiger charge is -2.25. The van der Waals surface area contributed by atoms with Crippen LogP contribution in [0, 0.1) is 5.92 Å². The quantitative estimate of drug-likeness (QED) is 0.134. The Balaban J connectivity index is 2.01. The van der Waals surface area contributed by atoms with E-state index in [2.05, 4.69) is 21.3 Å². The number of rotatable bonds is 16. The van der Waals surface area contributed by atoms with E-state index in [0.717, 1.165) is 0 Å². The predicted octanol–water partition coefficient (Wildman–Crippen LogP) is 2.11. The molecule has 0 aliphatic carbocycles. The van der Waals surface area contributed by atoms with Crippen LogP contribution in [0.2, 0.25) is 0 Å². The Morgan fingerprint density at radius 2 is 1.73 bits per heavy atom. The smallest absolute Gasteiger partial charge is 0.410 e. The number of hydrogen-bond donors (Lipinski definition) is 5. The van der Waals surface area contributed by atoms with E-state index in [1.54, 1.807) is 38.1 Å². The molecule has 250 valence electrons. The van der Waals surface area contributed by atoms with Gasteiger partial charge in [0.05, 0.1) is 12.6 Å². The maximum absolute atomic E-state index is 13.9. The van der Waals surface area contributed by atoms with E-state index in [9.17, 15) is 33.2 Å². The van der Waals surface area contributed by atoms with Crippen LogP contribution < -0.4 is 27.0 Å². The molecule has 6 N–H and O–H groups in total. The van der Waals surface area contributed by atoms with Gasteiger partial charge in [-0.15, -0.1) is 0 Å². The minimum atomic E-state index is -1.25. The van der Waals surface area contributed by atoms with E-state index >= 15 is 0 Å². The number of carbonyl (C=O) groups is 6. The Hall–Kier alpha value is -4.43. The number of ether oxygens (including phenoxy) is 2. The van der Waals surface area contributed by atoms with Crippen LogP contribution in [0.25, 0.3) is 0 Å². The molecule has 14 nitrogen and oxygen atoms in total. The first-order valence-corrected chi connectivity index (χ1v) is 15.0. The Kier molecular flexibility index (Phi) is 15.0. The zero-order valence-corrected chi connectivity index (χ0v) is 26.2. The zero-order valence-electron chi connectivity index (χ0n) is 26.2. The monoisotopic (exact) mass is 636 g/mol. The van der Waals surface area contributed by atoms with Crippen molar-refractivity contribution in [3.05, 3.63) is 29.8 Å². The molecule has 1 aliphatic heterocycles. The number of primary amides is 1. The fourth-order valence-corrected chi connectivity index (χ4v) is 4.65. The zero-order chi connectivity index (χ0) is 33.5. The fourth-order valence-electron chi connectivity index (χ4n) is 4.65. The summed E-state index contributed by atoms with van der Waals surface area (Å²) < 4.78 is 24.2. The van der Waals surface area contributed by atoms with Crippen LogP contribution in [0.5, 0.6) is 0 Å². The number of hydrogen-bond acceptors (Lipinski definition) is 8. The van der Waals surface area contributed by atoms with Gasteiger partial charge in [0.15, 0.2) is 0 Å². The van der Waals surface area contributed by atoms with Crippen molar-refractivity contribution in [1.29, 1.82) is 0 Å². The second-order valence-corrected chi connectivity index (χ2v) is 11.2. The molecule has 4 atom stereocenters. The van der Waals surface area contributed by atoms with Crippen LogP contribution in [0.15, 0.2) is 24.3 Å². The second kappa shape index (κ2) is 18.4. The number of anilines is 1. The van der Waals surface area contributed by atoms with E-state index in [4.69, 9.17) is 15.2 Å². The number of nitrogens with one attached hydrogen (secondary N) is 4. The first-order chi connectivity index (χ1) is 21.3. The molecule has 1 aromatic rings. The summed E-state index contributed by atoms with van der Waals surface area (Å²) in [6.45, 7) is 6.45. The van der Waals surface area contributed by atoms with Crippen molar-refractivity contribution in [2.45, 2.75) is 90.7 Å². The standard InChI is InChI=1S/C30H45FN6O8/c1-5-7-25(39)36-26(18(2)3)28(41)35-24(8-6-13-33-29(32)42)27(40)34-22-11-9-20(10-12-22)16-45-30(43)37-15-21(31)14-23(37)17-44-19(4)38/h9-12,18,21,23-24,26H,5-8,13-17H2,1-4H3,(H,34,40)(H,35,41)(H,36,39)(H3,32,33,42)/t21-,23-,24-,26-/m1/s1. The van der Waals surface area contributed by atoms with Gasteiger partial charge in [-0.2, -0.15) is 0 Å². The minimum Gasteiger partial charge on any atom is -0.464 e. The summed E-state index contributed by atoms with van der Waals surface area (Å²) in [6.07, 6.45) is -0.541. The highest BCUT2D eigenvalue weighted by atomic mass is 19.1. The summed E-state index contributed by atoms with van der Waals surface area (Å²) in [4.78, 5) is 74.4. The summed E-state index contributed by atoms with van der Waals surface area (Å²) in [7, 11) is 0. The maximum Gasteiger partial charge on any atom is 0.410 e. The number of amides is 6. The molecule has 0 aromatic heterocycles. The molecule has 15 heteroatoms. The van der Waals surface area contributed by atoms with Crippen LogP contribution in [-0.2, 0) is 35.3 Å². The van der Waals surface area contributed by atoms with Gasteiger partial charge >= 0.3 is 18.1 Å². The number of nitrogens with two attached hydrogens (primary N) is 1. The van der Waals surface area contributed by atoms with Crippen molar-refractivity contribution in [3.8, 4) is 0 Å². The van der Waals surface area contributed by atoms with Crippen molar-refractivity contribution in [3.63, 3.8) is 0 Å². The van der Waals surface area contributed by atoms with Crippen molar-refractivity contribution in [2.24, 2.45) is 11.7 Å². The van der Waals surface area contributed by atoms with Crippen molar-refractivity contribution in [1.82, 2.24) is 20.9 Å². The highest BCUT2D eigenvalue weighted by Gasteiger charge is 2.37. The second-order valence-electron chi connectivity index (χ2n) is 11.2. The third-order valence-electron chi connectivity index (χ3n) is 7.01. The summed E-state index contributed by atoms with van der Waals surface area (Å²) in [6, 6.07) is 3.28. The summed E-state index contributed by atoms with van der Waals surface area (Å²) in [5.41, 5.74) is 6.11. The van der Waals surface area contributed by atoms with Gasteiger partial charge in [-0.3, -0.25) is 24.1 Å². The molecule has 0 spiro atoms. The lowest BCUT2D eigenvalue weighted by Crippen LogP contribution is -2.54. The number of halogens is 1. The van der Waals surface area contributed by atoms with Crippen molar-refractivity contribution >= 4 is 41.5 Å². The average Bonchev–Trinajstić information content (AvgIpc) is 3.35. The summed E-state index contributed by atoms with van der Waals surface area (Å²) >= 11 is 0. The van der Waals surface area contributed by atoms with E-state index < -0.39 is 54.2 Å². The minimum absolute atomic E-state index is 0.0471. The van der Waals surface area contributed by atoms with Gasteiger partial charge in [-0.1, -0.05) is 32.9 Å². The predicted molar refractivity (Wildman–Crippen MR) is 162 cm³/mol. The Labute approximate surface area is 262 Å². The summed E-state index contributed by atoms with van der Waals surface area (Å²) in [5, 5.41) is 10.6. The summed E-state index contributed by atoms with van der Waals surface area (Å²) in [5.74, 6) is -2.06. The molecule has 1 saturated heterocycles. The van der Waals surface area contributed by atoms with Gasteiger partial charge in [0.2, 0.25) is 17.7 Å². The van der Waals surface area contributed by atoms with E-state index in [1.165, 1.54) is 11.8 Å².